The van der Waals surface area contributed by atoms with Gasteiger partial charge in [-0.05, 0) is 37.0 Å². The number of nitrogens with two attached hydrogens (primary N) is 1. The fraction of sp³-hybridized carbons (Fsp3) is 0.267. The highest BCUT2D eigenvalue weighted by Gasteiger charge is 2.23. The molecule has 1 aliphatic carbocycles. The third kappa shape index (κ3) is 1.63. The molecular formula is C15H15N3OS. The van der Waals surface area contributed by atoms with Gasteiger partial charge >= 0.3 is 0 Å². The molecule has 0 fully saturated rings. The van der Waals surface area contributed by atoms with E-state index in [1.165, 1.54) is 16.9 Å². The average Bonchev–Trinajstić information content (AvgIpc) is 3.10. The van der Waals surface area contributed by atoms with E-state index < -0.39 is 0 Å². The summed E-state index contributed by atoms with van der Waals surface area (Å²) in [6.07, 6.45) is 3.49. The molecule has 3 N–H and O–H groups in total. The number of H-pyrrole nitrogens is 1. The largest absolute Gasteiger partial charge is 0.497 e. The van der Waals surface area contributed by atoms with Crippen LogP contribution in [-0.2, 0) is 12.8 Å². The van der Waals surface area contributed by atoms with Crippen LogP contribution in [0.3, 0.4) is 0 Å². The quantitative estimate of drug-likeness (QED) is 0.758. The Labute approximate surface area is 120 Å². The van der Waals surface area contributed by atoms with Crippen molar-refractivity contribution in [2.75, 3.05) is 12.8 Å². The summed E-state index contributed by atoms with van der Waals surface area (Å²) >= 11 is 1.71. The monoisotopic (exact) mass is 285 g/mol. The number of hydrogen-bond donors (Lipinski definition) is 2. The number of fused-ring (bicyclic) bond motifs is 2. The Bertz CT molecular complexity index is 803. The summed E-state index contributed by atoms with van der Waals surface area (Å²) in [4.78, 5) is 9.49. The first kappa shape index (κ1) is 11.8. The minimum atomic E-state index is 0.830. The van der Waals surface area contributed by atoms with Gasteiger partial charge in [0, 0.05) is 10.9 Å². The minimum absolute atomic E-state index is 0.830. The Morgan fingerprint density at radius 3 is 3.10 bits per heavy atom. The van der Waals surface area contributed by atoms with E-state index in [9.17, 15) is 0 Å². The molecule has 0 saturated carbocycles. The molecular weight excluding hydrogens is 270 g/mol. The van der Waals surface area contributed by atoms with E-state index >= 15 is 0 Å². The fourth-order valence-corrected chi connectivity index (χ4v) is 4.08. The molecule has 1 aromatic carbocycles. The molecule has 2 heterocycles. The van der Waals surface area contributed by atoms with E-state index in [-0.39, 0.29) is 0 Å². The highest BCUT2D eigenvalue weighted by Crippen LogP contribution is 2.42. The lowest BCUT2D eigenvalue weighted by Gasteiger charge is -1.99. The van der Waals surface area contributed by atoms with E-state index in [1.807, 2.05) is 18.2 Å². The van der Waals surface area contributed by atoms with Gasteiger partial charge in [-0.2, -0.15) is 0 Å². The van der Waals surface area contributed by atoms with Crippen molar-refractivity contribution in [3.05, 3.63) is 28.6 Å². The van der Waals surface area contributed by atoms with Crippen LogP contribution >= 0.6 is 11.3 Å². The smallest absolute Gasteiger partial charge is 0.141 e. The van der Waals surface area contributed by atoms with Gasteiger partial charge in [0.2, 0.25) is 0 Å². The Morgan fingerprint density at radius 2 is 2.25 bits per heavy atom. The van der Waals surface area contributed by atoms with E-state index in [0.717, 1.165) is 46.0 Å². The number of anilines is 1. The Kier molecular flexibility index (Phi) is 2.50. The number of nitrogens with one attached hydrogen (secondary N) is 1. The number of imidazole rings is 1. The number of methoxy groups -OCH3 is 1. The molecule has 5 heteroatoms. The van der Waals surface area contributed by atoms with Crippen molar-refractivity contribution in [1.29, 1.82) is 0 Å². The van der Waals surface area contributed by atoms with Gasteiger partial charge in [0.25, 0.3) is 0 Å². The van der Waals surface area contributed by atoms with Crippen LogP contribution in [0.4, 0.5) is 5.00 Å². The highest BCUT2D eigenvalue weighted by molar-refractivity contribution is 7.16. The summed E-state index contributed by atoms with van der Waals surface area (Å²) in [6.45, 7) is 0. The summed E-state index contributed by atoms with van der Waals surface area (Å²) < 4.78 is 5.25. The van der Waals surface area contributed by atoms with Gasteiger partial charge in [-0.25, -0.2) is 4.98 Å². The lowest BCUT2D eigenvalue weighted by atomic mass is 10.1. The molecule has 3 aromatic rings. The standard InChI is InChI=1S/C15H15N3OS/c1-19-8-5-6-10-11(7-8)18-15(17-10)13-9-3-2-4-12(9)20-14(13)16/h5-7H,2-4,16H2,1H3,(H,17,18). The van der Waals surface area contributed by atoms with Gasteiger partial charge in [0.1, 0.15) is 11.6 Å². The van der Waals surface area contributed by atoms with Gasteiger partial charge in [-0.3, -0.25) is 0 Å². The number of ether oxygens (including phenoxy) is 1. The zero-order chi connectivity index (χ0) is 13.7. The normalized spacial score (nSPS) is 13.8. The maximum absolute atomic E-state index is 6.20. The summed E-state index contributed by atoms with van der Waals surface area (Å²) in [5, 5.41) is 0.876. The molecule has 0 saturated heterocycles. The molecule has 102 valence electrons. The van der Waals surface area contributed by atoms with Gasteiger partial charge < -0.3 is 15.5 Å². The maximum atomic E-state index is 6.20. The summed E-state index contributed by atoms with van der Waals surface area (Å²) in [6, 6.07) is 5.86. The first-order valence-electron chi connectivity index (χ1n) is 6.70. The van der Waals surface area contributed by atoms with Crippen LogP contribution in [0.1, 0.15) is 16.9 Å². The van der Waals surface area contributed by atoms with Crippen LogP contribution in [0.25, 0.3) is 22.4 Å². The molecule has 0 aliphatic heterocycles. The van der Waals surface area contributed by atoms with E-state index in [2.05, 4.69) is 9.97 Å². The third-order valence-corrected chi connectivity index (χ3v) is 5.00. The Hall–Kier alpha value is -2.01. The molecule has 0 unspecified atom stereocenters. The lowest BCUT2D eigenvalue weighted by molar-refractivity contribution is 0.415. The van der Waals surface area contributed by atoms with E-state index in [0.29, 0.717) is 0 Å². The Balaban J connectivity index is 1.90. The number of rotatable bonds is 2. The topological polar surface area (TPSA) is 63.9 Å². The van der Waals surface area contributed by atoms with Crippen molar-refractivity contribution in [2.24, 2.45) is 0 Å². The molecule has 1 aliphatic rings. The third-order valence-electron chi connectivity index (χ3n) is 3.87. The molecule has 0 spiro atoms. The van der Waals surface area contributed by atoms with E-state index in [4.69, 9.17) is 10.5 Å². The van der Waals surface area contributed by atoms with Crippen molar-refractivity contribution in [1.82, 2.24) is 9.97 Å². The van der Waals surface area contributed by atoms with Crippen molar-refractivity contribution in [2.45, 2.75) is 19.3 Å². The average molecular weight is 285 g/mol. The predicted molar refractivity (Wildman–Crippen MR) is 82.4 cm³/mol. The molecule has 20 heavy (non-hydrogen) atoms. The first-order chi connectivity index (χ1) is 9.76. The van der Waals surface area contributed by atoms with Crippen LogP contribution in [-0.4, -0.2) is 17.1 Å². The Morgan fingerprint density at radius 1 is 1.35 bits per heavy atom. The summed E-state index contributed by atoms with van der Waals surface area (Å²) in [5.74, 6) is 1.71. The first-order valence-corrected chi connectivity index (χ1v) is 7.52. The van der Waals surface area contributed by atoms with Crippen molar-refractivity contribution >= 4 is 27.4 Å². The van der Waals surface area contributed by atoms with Crippen LogP contribution in [0.2, 0.25) is 0 Å². The molecule has 0 atom stereocenters. The van der Waals surface area contributed by atoms with Crippen LogP contribution in [0.15, 0.2) is 18.2 Å². The SMILES string of the molecule is COc1ccc2nc(-c3c(N)sc4c3CCC4)[nH]c2c1. The molecule has 2 aromatic heterocycles. The predicted octanol–water partition coefficient (Wildman–Crippen LogP) is 3.37. The summed E-state index contributed by atoms with van der Waals surface area (Å²) in [7, 11) is 1.67. The minimum Gasteiger partial charge on any atom is -0.497 e. The highest BCUT2D eigenvalue weighted by atomic mass is 32.1. The van der Waals surface area contributed by atoms with Gasteiger partial charge in [-0.1, -0.05) is 0 Å². The number of thiophene rings is 1. The van der Waals surface area contributed by atoms with Gasteiger partial charge in [0.05, 0.1) is 28.7 Å². The van der Waals surface area contributed by atoms with Crippen molar-refractivity contribution in [3.63, 3.8) is 0 Å². The molecule has 0 amide bonds. The van der Waals surface area contributed by atoms with Crippen LogP contribution < -0.4 is 10.5 Å². The maximum Gasteiger partial charge on any atom is 0.141 e. The molecule has 4 nitrogen and oxygen atoms in total. The number of aromatic amines is 1. The zero-order valence-electron chi connectivity index (χ0n) is 11.2. The summed E-state index contributed by atoms with van der Waals surface area (Å²) in [5.41, 5.74) is 10.6. The second-order valence-corrected chi connectivity index (χ2v) is 6.20. The van der Waals surface area contributed by atoms with Crippen molar-refractivity contribution in [3.8, 4) is 17.1 Å². The van der Waals surface area contributed by atoms with Gasteiger partial charge in [0.15, 0.2) is 0 Å². The van der Waals surface area contributed by atoms with Crippen molar-refractivity contribution < 1.29 is 4.74 Å². The molecule has 0 radical (unpaired) electrons. The number of benzene rings is 1. The number of nitrogens with zero attached hydrogens (tertiary/aromatic N) is 1. The van der Waals surface area contributed by atoms with E-state index in [1.54, 1.807) is 18.4 Å². The molecule has 0 bridgehead atoms. The lowest BCUT2D eigenvalue weighted by Crippen LogP contribution is -1.89. The number of hydrogen-bond acceptors (Lipinski definition) is 4. The molecule has 4 rings (SSSR count). The second-order valence-electron chi connectivity index (χ2n) is 5.07. The fourth-order valence-electron chi connectivity index (χ4n) is 2.92. The second kappa shape index (κ2) is 4.24. The van der Waals surface area contributed by atoms with Crippen LogP contribution in [0.5, 0.6) is 5.75 Å². The van der Waals surface area contributed by atoms with Crippen LogP contribution in [0, 0.1) is 0 Å². The zero-order valence-corrected chi connectivity index (χ0v) is 12.0. The number of aromatic nitrogens is 2. The number of aryl methyl sites for hydroxylation is 1. The number of nitrogen functional groups attached to an aromatic ring is 1. The van der Waals surface area contributed by atoms with Gasteiger partial charge in [-0.15, -0.1) is 11.3 Å².